The number of aromatic hydroxyl groups is 1. The van der Waals surface area contributed by atoms with E-state index in [-0.39, 0.29) is 18.1 Å². The molecule has 1 aromatic carbocycles. The number of carbonyl (C=O) groups excluding carboxylic acids is 1. The molecule has 0 saturated carbocycles. The van der Waals surface area contributed by atoms with Crippen molar-refractivity contribution in [1.82, 2.24) is 0 Å². The van der Waals surface area contributed by atoms with Gasteiger partial charge in [0, 0.05) is 16.1 Å². The maximum atomic E-state index is 11.3. The highest BCUT2D eigenvalue weighted by atomic mass is 79.9. The molecule has 6 heteroatoms. The fourth-order valence-corrected chi connectivity index (χ4v) is 2.64. The topological polar surface area (TPSA) is 72.5 Å². The number of ether oxygens (including phenoxy) is 1. The number of carbonyl (C=O) groups is 1. The minimum atomic E-state index is -0.595. The molecule has 0 fully saturated rings. The van der Waals surface area contributed by atoms with Crippen LogP contribution in [0.5, 0.6) is 5.75 Å². The summed E-state index contributed by atoms with van der Waals surface area (Å²) < 4.78 is 6.11. The number of phenolic OH excluding ortho intramolecular Hbond substituents is 1. The molecule has 1 rings (SSSR count). The van der Waals surface area contributed by atoms with E-state index in [4.69, 9.17) is 10.5 Å². The van der Waals surface area contributed by atoms with Gasteiger partial charge in [0.05, 0.1) is 17.5 Å². The van der Waals surface area contributed by atoms with Crippen LogP contribution in [0, 0.1) is 0 Å². The third-order valence-electron chi connectivity index (χ3n) is 2.15. The fraction of sp³-hybridized carbons (Fsp3) is 0.364. The summed E-state index contributed by atoms with van der Waals surface area (Å²) in [6.07, 6.45) is 0.0320. The Morgan fingerprint density at radius 3 is 2.76 bits per heavy atom. The molecule has 1 aromatic rings. The van der Waals surface area contributed by atoms with Crippen LogP contribution in [0.2, 0.25) is 0 Å². The van der Waals surface area contributed by atoms with Gasteiger partial charge in [-0.15, -0.1) is 0 Å². The lowest BCUT2D eigenvalue weighted by atomic mass is 10.0. The smallest absolute Gasteiger partial charge is 0.307 e. The van der Waals surface area contributed by atoms with Crippen LogP contribution < -0.4 is 5.73 Å². The Morgan fingerprint density at radius 2 is 2.18 bits per heavy atom. The molecule has 1 atom stereocenters. The van der Waals surface area contributed by atoms with Gasteiger partial charge in [0.1, 0.15) is 5.75 Å². The predicted octanol–water partition coefficient (Wildman–Crippen LogP) is 2.87. The molecule has 0 aliphatic carbocycles. The van der Waals surface area contributed by atoms with E-state index in [2.05, 4.69) is 31.9 Å². The summed E-state index contributed by atoms with van der Waals surface area (Å²) in [5.41, 5.74) is 6.36. The normalized spacial score (nSPS) is 12.2. The average Bonchev–Trinajstić information content (AvgIpc) is 2.23. The summed E-state index contributed by atoms with van der Waals surface area (Å²) in [6.45, 7) is 2.05. The van der Waals surface area contributed by atoms with Gasteiger partial charge in [0.15, 0.2) is 0 Å². The number of nitrogens with two attached hydrogens (primary N) is 1. The Hall–Kier alpha value is -0.590. The first-order valence-electron chi connectivity index (χ1n) is 5.04. The van der Waals surface area contributed by atoms with Gasteiger partial charge in [-0.25, -0.2) is 0 Å². The molecule has 0 spiro atoms. The van der Waals surface area contributed by atoms with E-state index in [0.29, 0.717) is 16.6 Å². The van der Waals surface area contributed by atoms with E-state index in [0.717, 1.165) is 4.47 Å². The highest BCUT2D eigenvalue weighted by Gasteiger charge is 2.18. The number of esters is 1. The highest BCUT2D eigenvalue weighted by molar-refractivity contribution is 9.11. The Kier molecular flexibility index (Phi) is 5.42. The number of rotatable bonds is 4. The monoisotopic (exact) mass is 365 g/mol. The lowest BCUT2D eigenvalue weighted by Gasteiger charge is -2.14. The summed E-state index contributed by atoms with van der Waals surface area (Å²) in [5, 5.41) is 9.84. The zero-order valence-corrected chi connectivity index (χ0v) is 12.4. The maximum Gasteiger partial charge on any atom is 0.307 e. The minimum absolute atomic E-state index is 0.0320. The molecule has 0 aliphatic heterocycles. The molecular weight excluding hydrogens is 354 g/mol. The molecular formula is C11H13Br2NO3. The summed E-state index contributed by atoms with van der Waals surface area (Å²) in [4.78, 5) is 11.3. The van der Waals surface area contributed by atoms with Crippen LogP contribution in [0.1, 0.15) is 24.9 Å². The van der Waals surface area contributed by atoms with Crippen molar-refractivity contribution < 1.29 is 14.6 Å². The van der Waals surface area contributed by atoms with Gasteiger partial charge < -0.3 is 15.6 Å². The van der Waals surface area contributed by atoms with Crippen molar-refractivity contribution in [2.45, 2.75) is 19.4 Å². The summed E-state index contributed by atoms with van der Waals surface area (Å²) in [7, 11) is 0. The molecule has 0 radical (unpaired) electrons. The van der Waals surface area contributed by atoms with Crippen LogP contribution in [0.15, 0.2) is 21.1 Å². The van der Waals surface area contributed by atoms with Crippen molar-refractivity contribution in [3.63, 3.8) is 0 Å². The Labute approximate surface area is 116 Å². The van der Waals surface area contributed by atoms with E-state index in [9.17, 15) is 9.90 Å². The third-order valence-corrected chi connectivity index (χ3v) is 3.21. The van der Waals surface area contributed by atoms with E-state index in [1.165, 1.54) is 0 Å². The summed E-state index contributed by atoms with van der Waals surface area (Å²) in [5.74, 6) is -0.333. The van der Waals surface area contributed by atoms with Crippen LogP contribution in [-0.2, 0) is 9.53 Å². The van der Waals surface area contributed by atoms with Gasteiger partial charge in [-0.2, -0.15) is 0 Å². The van der Waals surface area contributed by atoms with Gasteiger partial charge >= 0.3 is 5.97 Å². The van der Waals surface area contributed by atoms with Crippen LogP contribution in [0.3, 0.4) is 0 Å². The molecule has 94 valence electrons. The lowest BCUT2D eigenvalue weighted by Crippen LogP contribution is -2.17. The number of hydrogen-bond acceptors (Lipinski definition) is 4. The van der Waals surface area contributed by atoms with Crippen LogP contribution >= 0.6 is 31.9 Å². The van der Waals surface area contributed by atoms with E-state index in [1.54, 1.807) is 19.1 Å². The SMILES string of the molecule is CCOC(=O)C[C@@H](N)c1cc(Br)cc(Br)c1O. The molecule has 0 bridgehead atoms. The zero-order chi connectivity index (χ0) is 13.0. The quantitative estimate of drug-likeness (QED) is 0.803. The highest BCUT2D eigenvalue weighted by Crippen LogP contribution is 2.35. The molecule has 3 N–H and O–H groups in total. The number of benzene rings is 1. The number of phenols is 1. The van der Waals surface area contributed by atoms with Crippen LogP contribution in [0.25, 0.3) is 0 Å². The Bertz CT molecular complexity index is 423. The molecule has 0 saturated heterocycles. The summed E-state index contributed by atoms with van der Waals surface area (Å²) >= 11 is 6.51. The number of hydrogen-bond donors (Lipinski definition) is 2. The molecule has 0 aliphatic rings. The second-order valence-corrected chi connectivity index (χ2v) is 5.21. The van der Waals surface area contributed by atoms with Gasteiger partial charge in [0.2, 0.25) is 0 Å². The first kappa shape index (κ1) is 14.5. The molecule has 0 amide bonds. The largest absolute Gasteiger partial charge is 0.506 e. The van der Waals surface area contributed by atoms with Crippen LogP contribution in [0.4, 0.5) is 0 Å². The average molecular weight is 367 g/mol. The maximum absolute atomic E-state index is 11.3. The third kappa shape index (κ3) is 3.97. The molecule has 0 unspecified atom stereocenters. The van der Waals surface area contributed by atoms with Crippen molar-refractivity contribution in [3.05, 3.63) is 26.6 Å². The zero-order valence-electron chi connectivity index (χ0n) is 9.24. The van der Waals surface area contributed by atoms with Gasteiger partial charge in [-0.3, -0.25) is 4.79 Å². The molecule has 0 heterocycles. The Morgan fingerprint density at radius 1 is 1.53 bits per heavy atom. The van der Waals surface area contributed by atoms with Gasteiger partial charge in [0.25, 0.3) is 0 Å². The predicted molar refractivity (Wildman–Crippen MR) is 71.7 cm³/mol. The van der Waals surface area contributed by atoms with Crippen molar-refractivity contribution in [2.75, 3.05) is 6.61 Å². The van der Waals surface area contributed by atoms with Crippen molar-refractivity contribution >= 4 is 37.8 Å². The van der Waals surface area contributed by atoms with Crippen molar-refractivity contribution in [2.24, 2.45) is 5.73 Å². The first-order valence-corrected chi connectivity index (χ1v) is 6.63. The molecule has 17 heavy (non-hydrogen) atoms. The minimum Gasteiger partial charge on any atom is -0.506 e. The fourth-order valence-electron chi connectivity index (χ4n) is 1.38. The van der Waals surface area contributed by atoms with E-state index in [1.807, 2.05) is 0 Å². The second-order valence-electron chi connectivity index (χ2n) is 3.44. The molecule has 0 aromatic heterocycles. The van der Waals surface area contributed by atoms with Gasteiger partial charge in [-0.1, -0.05) is 15.9 Å². The Balaban J connectivity index is 2.88. The van der Waals surface area contributed by atoms with E-state index >= 15 is 0 Å². The number of halogens is 2. The van der Waals surface area contributed by atoms with Crippen molar-refractivity contribution in [3.8, 4) is 5.75 Å². The molecule has 4 nitrogen and oxygen atoms in total. The van der Waals surface area contributed by atoms with Crippen molar-refractivity contribution in [1.29, 1.82) is 0 Å². The second kappa shape index (κ2) is 6.37. The standard InChI is InChI=1S/C11H13Br2NO3/c1-2-17-10(15)5-9(14)7-3-6(12)4-8(13)11(7)16/h3-4,9,16H,2,5,14H2,1H3/t9-/m1/s1. The van der Waals surface area contributed by atoms with Gasteiger partial charge in [-0.05, 0) is 35.0 Å². The lowest BCUT2D eigenvalue weighted by molar-refractivity contribution is -0.143. The first-order chi connectivity index (χ1) is 7.95. The van der Waals surface area contributed by atoms with Crippen LogP contribution in [-0.4, -0.2) is 17.7 Å². The summed E-state index contributed by atoms with van der Waals surface area (Å²) in [6, 6.07) is 2.79. The van der Waals surface area contributed by atoms with E-state index < -0.39 is 6.04 Å².